The molecule has 1 fully saturated rings. The van der Waals surface area contributed by atoms with E-state index in [1.165, 1.54) is 6.07 Å². The van der Waals surface area contributed by atoms with Crippen LogP contribution in [0.25, 0.3) is 12.2 Å². The van der Waals surface area contributed by atoms with E-state index >= 15 is 0 Å². The summed E-state index contributed by atoms with van der Waals surface area (Å²) in [4.78, 5) is 15.7. The van der Waals surface area contributed by atoms with Crippen LogP contribution < -0.4 is 18.9 Å². The van der Waals surface area contributed by atoms with E-state index in [1.54, 1.807) is 46.6 Å². The summed E-state index contributed by atoms with van der Waals surface area (Å²) in [6.07, 6.45) is 3.69. The molecular formula is C30H29BrFNO5. The number of likely N-dealkylation sites (tertiary alicyclic amines) is 1. The molecular weight excluding hydrogens is 553 g/mol. The summed E-state index contributed by atoms with van der Waals surface area (Å²) in [6, 6.07) is 16.0. The topological polar surface area (TPSA) is 57.2 Å². The molecule has 3 aromatic carbocycles. The van der Waals surface area contributed by atoms with Gasteiger partial charge in [0.05, 0.1) is 28.4 Å². The molecule has 1 saturated heterocycles. The minimum absolute atomic E-state index is 0.0675. The Labute approximate surface area is 230 Å². The van der Waals surface area contributed by atoms with Gasteiger partial charge < -0.3 is 18.9 Å². The highest BCUT2D eigenvalue weighted by atomic mass is 79.9. The Balaban J connectivity index is 1.73. The quantitative estimate of drug-likeness (QED) is 0.296. The van der Waals surface area contributed by atoms with E-state index in [1.807, 2.05) is 47.4 Å². The minimum atomic E-state index is -0.299. The Morgan fingerprint density at radius 3 is 1.71 bits per heavy atom. The van der Waals surface area contributed by atoms with Crippen LogP contribution in [0.1, 0.15) is 16.7 Å². The monoisotopic (exact) mass is 581 g/mol. The van der Waals surface area contributed by atoms with Gasteiger partial charge in [-0.05, 0) is 59.7 Å². The highest BCUT2D eigenvalue weighted by Gasteiger charge is 2.27. The molecule has 6 nitrogen and oxygen atoms in total. The van der Waals surface area contributed by atoms with Crippen molar-refractivity contribution in [2.75, 3.05) is 41.5 Å². The van der Waals surface area contributed by atoms with Crippen molar-refractivity contribution in [3.8, 4) is 23.0 Å². The number of carbonyl (C=O) groups is 1. The lowest BCUT2D eigenvalue weighted by atomic mass is 9.93. The maximum absolute atomic E-state index is 14.7. The number of carbonyl (C=O) groups excluding carboxylic acids is 1. The molecule has 1 aliphatic heterocycles. The molecule has 38 heavy (non-hydrogen) atoms. The van der Waals surface area contributed by atoms with Gasteiger partial charge in [0, 0.05) is 40.8 Å². The van der Waals surface area contributed by atoms with Gasteiger partial charge in [0.2, 0.25) is 0 Å². The first kappa shape index (κ1) is 27.4. The normalized spacial score (nSPS) is 16.1. The average molecular weight is 582 g/mol. The van der Waals surface area contributed by atoms with Crippen LogP contribution in [0, 0.1) is 5.82 Å². The van der Waals surface area contributed by atoms with Gasteiger partial charge in [-0.3, -0.25) is 9.69 Å². The lowest BCUT2D eigenvalue weighted by molar-refractivity contribution is -0.113. The Bertz CT molecular complexity index is 1320. The molecule has 0 bridgehead atoms. The van der Waals surface area contributed by atoms with E-state index < -0.39 is 0 Å². The second-order valence-electron chi connectivity index (χ2n) is 8.78. The summed E-state index contributed by atoms with van der Waals surface area (Å²) in [7, 11) is 6.29. The molecule has 0 aromatic heterocycles. The molecule has 3 aromatic rings. The molecule has 198 valence electrons. The van der Waals surface area contributed by atoms with E-state index in [0.29, 0.717) is 63.8 Å². The fourth-order valence-corrected chi connectivity index (χ4v) is 4.73. The maximum Gasteiger partial charge on any atom is 0.187 e. The van der Waals surface area contributed by atoms with Crippen molar-refractivity contribution in [1.29, 1.82) is 0 Å². The second kappa shape index (κ2) is 12.3. The molecule has 0 unspecified atom stereocenters. The zero-order valence-electron chi connectivity index (χ0n) is 21.7. The van der Waals surface area contributed by atoms with Gasteiger partial charge in [0.15, 0.2) is 28.8 Å². The lowest BCUT2D eigenvalue weighted by Crippen LogP contribution is -2.37. The molecule has 0 saturated carbocycles. The Kier molecular flexibility index (Phi) is 8.86. The van der Waals surface area contributed by atoms with Crippen LogP contribution in [0.2, 0.25) is 0 Å². The van der Waals surface area contributed by atoms with Crippen LogP contribution >= 0.6 is 15.9 Å². The van der Waals surface area contributed by atoms with Crippen LogP contribution in [-0.4, -0.2) is 52.2 Å². The summed E-state index contributed by atoms with van der Waals surface area (Å²) in [5.74, 6) is 1.98. The zero-order valence-corrected chi connectivity index (χ0v) is 23.3. The van der Waals surface area contributed by atoms with Gasteiger partial charge in [-0.2, -0.15) is 0 Å². The smallest absolute Gasteiger partial charge is 0.187 e. The van der Waals surface area contributed by atoms with Crippen molar-refractivity contribution in [2.24, 2.45) is 0 Å². The number of hydrogen-bond donors (Lipinski definition) is 0. The first-order valence-corrected chi connectivity index (χ1v) is 12.7. The number of methoxy groups -OCH3 is 4. The fourth-order valence-electron chi connectivity index (χ4n) is 4.40. The van der Waals surface area contributed by atoms with E-state index in [9.17, 15) is 9.18 Å². The summed E-state index contributed by atoms with van der Waals surface area (Å²) in [5, 5.41) is 0. The minimum Gasteiger partial charge on any atom is -0.493 e. The summed E-state index contributed by atoms with van der Waals surface area (Å²) >= 11 is 3.31. The van der Waals surface area contributed by atoms with Crippen LogP contribution in [0.15, 0.2) is 70.2 Å². The number of nitrogens with zero attached hydrogens (tertiary/aromatic N) is 1. The number of Topliss-reactive ketones (excluding diaryl/α,β-unsaturated/α-hetero) is 1. The first-order valence-electron chi connectivity index (χ1n) is 11.9. The number of piperidine rings is 1. The van der Waals surface area contributed by atoms with Crippen molar-refractivity contribution in [3.05, 3.63) is 92.7 Å². The van der Waals surface area contributed by atoms with E-state index in [-0.39, 0.29) is 11.6 Å². The van der Waals surface area contributed by atoms with Crippen LogP contribution in [0.4, 0.5) is 4.39 Å². The molecule has 0 amide bonds. The molecule has 0 aliphatic carbocycles. The maximum atomic E-state index is 14.7. The van der Waals surface area contributed by atoms with Gasteiger partial charge in [-0.25, -0.2) is 4.39 Å². The van der Waals surface area contributed by atoms with Gasteiger partial charge >= 0.3 is 0 Å². The van der Waals surface area contributed by atoms with Gasteiger partial charge in [-0.1, -0.05) is 34.1 Å². The van der Waals surface area contributed by atoms with Crippen molar-refractivity contribution >= 4 is 33.9 Å². The SMILES string of the molecule is COc1ccc(/C=C2/CN(Cc3ccc(Br)cc3F)C/C(=C\c3ccc(OC)c(OC)c3)C2=O)cc1OC. The number of hydrogen-bond acceptors (Lipinski definition) is 6. The third kappa shape index (κ3) is 6.26. The largest absolute Gasteiger partial charge is 0.493 e. The predicted octanol–water partition coefficient (Wildman–Crippen LogP) is 6.17. The molecule has 1 aliphatic rings. The van der Waals surface area contributed by atoms with Crippen LogP contribution in [-0.2, 0) is 11.3 Å². The number of ketones is 1. The number of ether oxygens (including phenoxy) is 4. The Hall–Kier alpha value is -3.62. The second-order valence-corrected chi connectivity index (χ2v) is 9.69. The molecule has 0 N–H and O–H groups in total. The van der Waals surface area contributed by atoms with Crippen molar-refractivity contribution in [1.82, 2.24) is 4.90 Å². The van der Waals surface area contributed by atoms with E-state index in [2.05, 4.69) is 15.9 Å². The summed E-state index contributed by atoms with van der Waals surface area (Å²) in [6.45, 7) is 1.08. The third-order valence-corrected chi connectivity index (χ3v) is 6.77. The Morgan fingerprint density at radius 2 is 1.26 bits per heavy atom. The average Bonchev–Trinajstić information content (AvgIpc) is 2.92. The third-order valence-electron chi connectivity index (χ3n) is 6.28. The number of halogens is 2. The summed E-state index contributed by atoms with van der Waals surface area (Å²) < 4.78 is 36.9. The van der Waals surface area contributed by atoms with Crippen LogP contribution in [0.3, 0.4) is 0 Å². The van der Waals surface area contributed by atoms with Gasteiger partial charge in [-0.15, -0.1) is 0 Å². The highest BCUT2D eigenvalue weighted by molar-refractivity contribution is 9.10. The van der Waals surface area contributed by atoms with Gasteiger partial charge in [0.25, 0.3) is 0 Å². The fraction of sp³-hybridized carbons (Fsp3) is 0.233. The molecule has 1 heterocycles. The standard InChI is InChI=1S/C30H29BrFNO5/c1-35-26-9-5-19(13-28(26)37-3)11-22-17-33(16-21-7-8-24(31)15-25(21)32)18-23(30(22)34)12-20-6-10-27(36-2)29(14-20)38-4/h5-15H,16-18H2,1-4H3/b22-11-,23-12+. The zero-order chi connectivity index (χ0) is 27.2. The number of benzene rings is 3. The molecule has 0 radical (unpaired) electrons. The van der Waals surface area contributed by atoms with E-state index in [4.69, 9.17) is 18.9 Å². The number of rotatable bonds is 8. The van der Waals surface area contributed by atoms with E-state index in [0.717, 1.165) is 11.1 Å². The Morgan fingerprint density at radius 1 is 0.763 bits per heavy atom. The predicted molar refractivity (Wildman–Crippen MR) is 149 cm³/mol. The van der Waals surface area contributed by atoms with Crippen LogP contribution in [0.5, 0.6) is 23.0 Å². The van der Waals surface area contributed by atoms with Gasteiger partial charge in [0.1, 0.15) is 5.82 Å². The highest BCUT2D eigenvalue weighted by Crippen LogP contribution is 2.32. The molecule has 4 rings (SSSR count). The van der Waals surface area contributed by atoms with Crippen molar-refractivity contribution in [2.45, 2.75) is 6.54 Å². The summed E-state index contributed by atoms with van der Waals surface area (Å²) in [5.41, 5.74) is 3.33. The molecule has 0 atom stereocenters. The molecule has 8 heteroatoms. The van der Waals surface area contributed by atoms with Crippen molar-refractivity contribution < 1.29 is 28.1 Å². The van der Waals surface area contributed by atoms with Crippen molar-refractivity contribution in [3.63, 3.8) is 0 Å². The first-order chi connectivity index (χ1) is 18.3. The molecule has 0 spiro atoms. The lowest BCUT2D eigenvalue weighted by Gasteiger charge is -2.30.